The number of carbonyl (C=O) groups excluding carboxylic acids is 2. The van der Waals surface area contributed by atoms with Crippen LogP contribution in [-0.4, -0.2) is 29.8 Å². The second kappa shape index (κ2) is 7.13. The van der Waals surface area contributed by atoms with E-state index >= 15 is 0 Å². The van der Waals surface area contributed by atoms with Crippen LogP contribution in [0.25, 0.3) is 0 Å². The second-order valence-corrected chi connectivity index (χ2v) is 5.68. The largest absolute Gasteiger partial charge is 0.459 e. The molecule has 1 atom stereocenters. The van der Waals surface area contributed by atoms with Gasteiger partial charge < -0.3 is 14.6 Å². The zero-order valence-electron chi connectivity index (χ0n) is 12.9. The summed E-state index contributed by atoms with van der Waals surface area (Å²) < 4.78 is 5.12. The lowest BCUT2D eigenvalue weighted by Crippen LogP contribution is -2.44. The van der Waals surface area contributed by atoms with E-state index in [0.29, 0.717) is 0 Å². The van der Waals surface area contributed by atoms with Crippen LogP contribution in [0, 0.1) is 0 Å². The number of piperidine rings is 1. The van der Waals surface area contributed by atoms with Crippen LogP contribution in [0.4, 0.5) is 0 Å². The molecule has 1 aromatic heterocycles. The number of carbonyl (C=O) groups is 2. The molecule has 1 aliphatic rings. The van der Waals surface area contributed by atoms with Gasteiger partial charge in [-0.1, -0.05) is 30.3 Å². The molecule has 3 rings (SSSR count). The Bertz CT molecular complexity index is 646. The first-order chi connectivity index (χ1) is 11.3. The summed E-state index contributed by atoms with van der Waals surface area (Å²) in [4.78, 5) is 27.0. The summed E-state index contributed by atoms with van der Waals surface area (Å²) in [5.74, 6) is -0.234. The first-order valence-electron chi connectivity index (χ1n) is 7.94. The minimum absolute atomic E-state index is 0.0594. The van der Waals surface area contributed by atoms with E-state index in [9.17, 15) is 9.59 Å². The highest BCUT2D eigenvalue weighted by Gasteiger charge is 2.29. The zero-order chi connectivity index (χ0) is 16.1. The number of furan rings is 1. The molecule has 2 heterocycles. The molecular weight excluding hydrogens is 292 g/mol. The van der Waals surface area contributed by atoms with Crippen LogP contribution in [0.3, 0.4) is 0 Å². The fourth-order valence-corrected chi connectivity index (χ4v) is 2.84. The third-order valence-electron chi connectivity index (χ3n) is 4.07. The van der Waals surface area contributed by atoms with E-state index in [1.807, 2.05) is 35.2 Å². The minimum Gasteiger partial charge on any atom is -0.459 e. The minimum atomic E-state index is -0.688. The van der Waals surface area contributed by atoms with Crippen molar-refractivity contribution in [2.24, 2.45) is 0 Å². The highest BCUT2D eigenvalue weighted by atomic mass is 16.3. The molecule has 5 nitrogen and oxygen atoms in total. The lowest BCUT2D eigenvalue weighted by Gasteiger charge is -2.30. The maximum atomic E-state index is 12.9. The van der Waals surface area contributed by atoms with Crippen molar-refractivity contribution in [1.29, 1.82) is 0 Å². The van der Waals surface area contributed by atoms with Crippen molar-refractivity contribution < 1.29 is 14.0 Å². The number of likely N-dealkylation sites (tertiary alicyclic amines) is 1. The molecule has 0 saturated carbocycles. The Labute approximate surface area is 135 Å². The molecule has 0 aliphatic carbocycles. The predicted molar refractivity (Wildman–Crippen MR) is 85.8 cm³/mol. The molecule has 2 aromatic rings. The summed E-state index contributed by atoms with van der Waals surface area (Å²) in [6.45, 7) is 1.50. The quantitative estimate of drug-likeness (QED) is 0.944. The molecule has 2 amide bonds. The van der Waals surface area contributed by atoms with Crippen molar-refractivity contribution in [3.05, 3.63) is 60.1 Å². The summed E-state index contributed by atoms with van der Waals surface area (Å²) >= 11 is 0. The van der Waals surface area contributed by atoms with E-state index in [2.05, 4.69) is 5.32 Å². The smallest absolute Gasteiger partial charge is 0.287 e. The molecule has 23 heavy (non-hydrogen) atoms. The molecule has 0 unspecified atom stereocenters. The average molecular weight is 312 g/mol. The Balaban J connectivity index is 1.81. The standard InChI is InChI=1S/C18H20N2O3/c21-17(15-10-7-13-23-15)19-16(14-8-3-1-4-9-14)18(22)20-11-5-2-6-12-20/h1,3-4,7-10,13,16H,2,5-6,11-12H2,(H,19,21)/t16-/m0/s1. The third-order valence-corrected chi connectivity index (χ3v) is 4.07. The van der Waals surface area contributed by atoms with Crippen molar-refractivity contribution in [2.75, 3.05) is 13.1 Å². The van der Waals surface area contributed by atoms with Gasteiger partial charge in [0.1, 0.15) is 6.04 Å². The molecule has 0 spiro atoms. The molecule has 1 N–H and O–H groups in total. The zero-order valence-corrected chi connectivity index (χ0v) is 12.9. The van der Waals surface area contributed by atoms with E-state index in [1.54, 1.807) is 12.1 Å². The SMILES string of the molecule is O=C(N[C@H](C(=O)N1CCCCC1)c1ccccc1)c1ccco1. The van der Waals surface area contributed by atoms with E-state index in [0.717, 1.165) is 37.9 Å². The van der Waals surface area contributed by atoms with Gasteiger partial charge in [0.25, 0.3) is 5.91 Å². The number of nitrogens with one attached hydrogen (secondary N) is 1. The topological polar surface area (TPSA) is 62.6 Å². The maximum absolute atomic E-state index is 12.9. The summed E-state index contributed by atoms with van der Waals surface area (Å²) in [6.07, 6.45) is 4.62. The van der Waals surface area contributed by atoms with Gasteiger partial charge in [-0.15, -0.1) is 0 Å². The van der Waals surface area contributed by atoms with E-state index in [1.165, 1.54) is 6.26 Å². The molecule has 0 bridgehead atoms. The Kier molecular flexibility index (Phi) is 4.76. The lowest BCUT2D eigenvalue weighted by molar-refractivity contribution is -0.134. The molecule has 0 radical (unpaired) electrons. The average Bonchev–Trinajstić information content (AvgIpc) is 3.15. The first kappa shape index (κ1) is 15.3. The normalized spacial score (nSPS) is 15.9. The van der Waals surface area contributed by atoms with Crippen molar-refractivity contribution in [3.8, 4) is 0 Å². The van der Waals surface area contributed by atoms with Crippen LogP contribution in [0.1, 0.15) is 41.4 Å². The Morgan fingerprint density at radius 3 is 2.39 bits per heavy atom. The van der Waals surface area contributed by atoms with Gasteiger partial charge in [0.2, 0.25) is 5.91 Å². The number of hydrogen-bond donors (Lipinski definition) is 1. The lowest BCUT2D eigenvalue weighted by atomic mass is 10.0. The van der Waals surface area contributed by atoms with Gasteiger partial charge in [-0.3, -0.25) is 9.59 Å². The van der Waals surface area contributed by atoms with E-state index < -0.39 is 6.04 Å². The molecule has 1 aliphatic heterocycles. The Morgan fingerprint density at radius 2 is 1.74 bits per heavy atom. The van der Waals surface area contributed by atoms with Crippen molar-refractivity contribution in [3.63, 3.8) is 0 Å². The van der Waals surface area contributed by atoms with Crippen LogP contribution in [-0.2, 0) is 4.79 Å². The van der Waals surface area contributed by atoms with Gasteiger partial charge in [0.05, 0.1) is 6.26 Å². The van der Waals surface area contributed by atoms with Gasteiger partial charge in [-0.05, 0) is 37.0 Å². The van der Waals surface area contributed by atoms with Crippen molar-refractivity contribution in [1.82, 2.24) is 10.2 Å². The van der Waals surface area contributed by atoms with Crippen molar-refractivity contribution >= 4 is 11.8 Å². The Hall–Kier alpha value is -2.56. The molecule has 120 valence electrons. The predicted octanol–water partition coefficient (Wildman–Crippen LogP) is 2.76. The van der Waals surface area contributed by atoms with Gasteiger partial charge in [-0.2, -0.15) is 0 Å². The molecular formula is C18H20N2O3. The number of hydrogen-bond acceptors (Lipinski definition) is 3. The first-order valence-corrected chi connectivity index (χ1v) is 7.94. The van der Waals surface area contributed by atoms with Crippen molar-refractivity contribution in [2.45, 2.75) is 25.3 Å². The maximum Gasteiger partial charge on any atom is 0.287 e. The van der Waals surface area contributed by atoms with Gasteiger partial charge in [0, 0.05) is 13.1 Å². The van der Waals surface area contributed by atoms with E-state index in [4.69, 9.17) is 4.42 Å². The highest BCUT2D eigenvalue weighted by Crippen LogP contribution is 2.20. The van der Waals surface area contributed by atoms with Crippen LogP contribution < -0.4 is 5.32 Å². The molecule has 1 saturated heterocycles. The van der Waals surface area contributed by atoms with Crippen LogP contribution in [0.2, 0.25) is 0 Å². The monoisotopic (exact) mass is 312 g/mol. The fourth-order valence-electron chi connectivity index (χ4n) is 2.84. The summed E-state index contributed by atoms with van der Waals surface area (Å²) in [5, 5.41) is 2.81. The van der Waals surface area contributed by atoms with E-state index in [-0.39, 0.29) is 17.6 Å². The van der Waals surface area contributed by atoms with Gasteiger partial charge >= 0.3 is 0 Å². The van der Waals surface area contributed by atoms with Crippen LogP contribution in [0.15, 0.2) is 53.1 Å². The second-order valence-electron chi connectivity index (χ2n) is 5.68. The fraction of sp³-hybridized carbons (Fsp3) is 0.333. The van der Waals surface area contributed by atoms with Crippen LogP contribution in [0.5, 0.6) is 0 Å². The number of nitrogens with zero attached hydrogens (tertiary/aromatic N) is 1. The highest BCUT2D eigenvalue weighted by molar-refractivity contribution is 5.95. The summed E-state index contributed by atoms with van der Waals surface area (Å²) in [6, 6.07) is 11.9. The summed E-state index contributed by atoms with van der Waals surface area (Å²) in [5.41, 5.74) is 0.781. The third kappa shape index (κ3) is 3.62. The van der Waals surface area contributed by atoms with Gasteiger partial charge in [-0.25, -0.2) is 0 Å². The number of amides is 2. The number of benzene rings is 1. The Morgan fingerprint density at radius 1 is 1.00 bits per heavy atom. The van der Waals surface area contributed by atoms with Gasteiger partial charge in [0.15, 0.2) is 5.76 Å². The molecule has 5 heteroatoms. The molecule has 1 aromatic carbocycles. The number of rotatable bonds is 4. The molecule has 1 fully saturated rings. The summed E-state index contributed by atoms with van der Waals surface area (Å²) in [7, 11) is 0. The van der Waals surface area contributed by atoms with Crippen LogP contribution >= 0.6 is 0 Å².